The molecule has 10 N–H and O–H groups in total. The number of primary amides is 1. The molecule has 4 amide bonds. The van der Waals surface area contributed by atoms with Crippen molar-refractivity contribution in [3.05, 3.63) is 36.0 Å². The lowest BCUT2D eigenvalue weighted by molar-refractivity contribution is -0.145. The highest BCUT2D eigenvalue weighted by molar-refractivity contribution is 7.80. The van der Waals surface area contributed by atoms with Crippen molar-refractivity contribution in [1.29, 1.82) is 0 Å². The molecule has 0 aliphatic heterocycles. The molecule has 0 saturated heterocycles. The third kappa shape index (κ3) is 7.69. The van der Waals surface area contributed by atoms with Gasteiger partial charge in [-0.05, 0) is 18.6 Å². The molecule has 1 aromatic carbocycles. The van der Waals surface area contributed by atoms with Crippen LogP contribution in [0.25, 0.3) is 10.9 Å². The third-order valence-corrected chi connectivity index (χ3v) is 5.74. The monoisotopic (exact) mass is 522 g/mol. The minimum absolute atomic E-state index is 0.00276. The number of benzene rings is 1. The minimum Gasteiger partial charge on any atom is -0.480 e. The maximum atomic E-state index is 13.2. The Morgan fingerprint density at radius 1 is 1.03 bits per heavy atom. The standard InChI is InChI=1S/C22H30N6O7S/c1-10(29)18(22(34)35)28-21(33)16(7-17(24)30)27-20(32)15(26-19(31)13(23)9-36)6-11-8-25-14-5-3-2-4-12(11)14/h2-5,8,10,13,15-16,18,25,29,36H,6-7,9,23H2,1H3,(H2,24,30)(H,26,31)(H,27,32)(H,28,33)(H,34,35). The second-order valence-corrected chi connectivity index (χ2v) is 8.58. The van der Waals surface area contributed by atoms with Crippen molar-refractivity contribution in [2.45, 2.75) is 50.0 Å². The van der Waals surface area contributed by atoms with Gasteiger partial charge in [0.1, 0.15) is 12.1 Å². The van der Waals surface area contributed by atoms with E-state index in [4.69, 9.17) is 11.5 Å². The lowest BCUT2D eigenvalue weighted by Crippen LogP contribution is -2.59. The number of carbonyl (C=O) groups excluding carboxylic acids is 4. The number of para-hydroxylation sites is 1. The number of aromatic nitrogens is 1. The Bertz CT molecular complexity index is 1120. The number of thiol groups is 1. The molecule has 196 valence electrons. The summed E-state index contributed by atoms with van der Waals surface area (Å²) >= 11 is 3.99. The average Bonchev–Trinajstić information content (AvgIpc) is 3.22. The largest absolute Gasteiger partial charge is 0.480 e. The number of aromatic amines is 1. The van der Waals surface area contributed by atoms with E-state index in [9.17, 15) is 34.2 Å². The number of aliphatic hydroxyl groups excluding tert-OH is 1. The summed E-state index contributed by atoms with van der Waals surface area (Å²) in [6.45, 7) is 1.15. The van der Waals surface area contributed by atoms with Gasteiger partial charge in [0.25, 0.3) is 0 Å². The number of aliphatic hydroxyl groups is 1. The Labute approximate surface area is 211 Å². The number of nitrogens with one attached hydrogen (secondary N) is 4. The van der Waals surface area contributed by atoms with E-state index in [2.05, 4.69) is 33.6 Å². The van der Waals surface area contributed by atoms with E-state index in [0.29, 0.717) is 5.56 Å². The van der Waals surface area contributed by atoms with Crippen LogP contribution in [0.15, 0.2) is 30.5 Å². The van der Waals surface area contributed by atoms with Gasteiger partial charge in [-0.2, -0.15) is 12.6 Å². The molecule has 0 fully saturated rings. The number of carboxylic acid groups (broad SMARTS) is 1. The molecular weight excluding hydrogens is 492 g/mol. The first kappa shape index (κ1) is 28.6. The Morgan fingerprint density at radius 3 is 2.22 bits per heavy atom. The van der Waals surface area contributed by atoms with Crippen LogP contribution in [0.5, 0.6) is 0 Å². The van der Waals surface area contributed by atoms with E-state index in [0.717, 1.165) is 17.8 Å². The molecule has 0 aliphatic rings. The van der Waals surface area contributed by atoms with Crippen LogP contribution in [0.3, 0.4) is 0 Å². The lowest BCUT2D eigenvalue weighted by atomic mass is 10.0. The Kier molecular flexibility index (Phi) is 10.3. The SMILES string of the molecule is CC(O)C(NC(=O)C(CC(N)=O)NC(=O)C(Cc1c[nH]c2ccccc12)NC(=O)C(N)CS)C(=O)O. The van der Waals surface area contributed by atoms with Crippen molar-refractivity contribution in [2.75, 3.05) is 5.75 Å². The van der Waals surface area contributed by atoms with Crippen LogP contribution in [0, 0.1) is 0 Å². The summed E-state index contributed by atoms with van der Waals surface area (Å²) in [4.78, 5) is 64.3. The number of H-pyrrole nitrogens is 1. The fourth-order valence-electron chi connectivity index (χ4n) is 3.42. The fraction of sp³-hybridized carbons (Fsp3) is 0.409. The average molecular weight is 523 g/mol. The van der Waals surface area contributed by atoms with Gasteiger partial charge >= 0.3 is 5.97 Å². The number of aliphatic carboxylic acids is 1. The molecule has 0 bridgehead atoms. The highest BCUT2D eigenvalue weighted by Gasteiger charge is 2.33. The van der Waals surface area contributed by atoms with Gasteiger partial charge in [0.15, 0.2) is 6.04 Å². The van der Waals surface area contributed by atoms with Gasteiger partial charge in [0.05, 0.1) is 18.6 Å². The molecular formula is C22H30N6O7S. The first-order valence-corrected chi connectivity index (χ1v) is 11.6. The van der Waals surface area contributed by atoms with Gasteiger partial charge in [-0.3, -0.25) is 19.2 Å². The fourth-order valence-corrected chi connectivity index (χ4v) is 3.58. The van der Waals surface area contributed by atoms with Crippen molar-refractivity contribution < 1.29 is 34.2 Å². The van der Waals surface area contributed by atoms with Crippen LogP contribution in [0.1, 0.15) is 18.9 Å². The van der Waals surface area contributed by atoms with Gasteiger partial charge in [0.2, 0.25) is 23.6 Å². The number of hydrogen-bond acceptors (Lipinski definition) is 8. The van der Waals surface area contributed by atoms with E-state index in [1.165, 1.54) is 0 Å². The summed E-state index contributed by atoms with van der Waals surface area (Å²) in [5.74, 6) is -5.03. The van der Waals surface area contributed by atoms with E-state index < -0.39 is 66.3 Å². The maximum absolute atomic E-state index is 13.2. The van der Waals surface area contributed by atoms with E-state index in [1.54, 1.807) is 12.3 Å². The van der Waals surface area contributed by atoms with Crippen molar-refractivity contribution in [3.63, 3.8) is 0 Å². The maximum Gasteiger partial charge on any atom is 0.328 e. The lowest BCUT2D eigenvalue weighted by Gasteiger charge is -2.25. The molecule has 2 rings (SSSR count). The van der Waals surface area contributed by atoms with E-state index in [1.807, 2.05) is 18.2 Å². The predicted molar refractivity (Wildman–Crippen MR) is 133 cm³/mol. The predicted octanol–water partition coefficient (Wildman–Crippen LogP) is -2.24. The number of amides is 4. The van der Waals surface area contributed by atoms with Crippen LogP contribution < -0.4 is 27.4 Å². The van der Waals surface area contributed by atoms with Crippen molar-refractivity contribution >= 4 is 53.1 Å². The Morgan fingerprint density at radius 2 is 1.64 bits per heavy atom. The topological polar surface area (TPSA) is 230 Å². The minimum atomic E-state index is -1.69. The number of carboxylic acids is 1. The number of nitrogens with two attached hydrogens (primary N) is 2. The highest BCUT2D eigenvalue weighted by Crippen LogP contribution is 2.19. The van der Waals surface area contributed by atoms with Gasteiger partial charge in [-0.1, -0.05) is 18.2 Å². The van der Waals surface area contributed by atoms with Crippen LogP contribution in [0.4, 0.5) is 0 Å². The van der Waals surface area contributed by atoms with Crippen LogP contribution in [-0.4, -0.2) is 80.8 Å². The number of rotatable bonds is 13. The van der Waals surface area contributed by atoms with Gasteiger partial charge in [0, 0.05) is 29.3 Å². The Balaban J connectivity index is 2.30. The first-order valence-electron chi connectivity index (χ1n) is 11.0. The summed E-state index contributed by atoms with van der Waals surface area (Å²) in [5, 5.41) is 26.6. The second kappa shape index (κ2) is 12.9. The van der Waals surface area contributed by atoms with Crippen molar-refractivity contribution in [2.24, 2.45) is 11.5 Å². The Hall–Kier alpha value is -3.62. The van der Waals surface area contributed by atoms with Crippen LogP contribution in [-0.2, 0) is 30.4 Å². The molecule has 13 nitrogen and oxygen atoms in total. The summed E-state index contributed by atoms with van der Waals surface area (Å²) in [6.07, 6.45) is -0.457. The first-order chi connectivity index (χ1) is 16.9. The molecule has 0 spiro atoms. The van der Waals surface area contributed by atoms with Crippen molar-refractivity contribution in [1.82, 2.24) is 20.9 Å². The van der Waals surface area contributed by atoms with Gasteiger partial charge < -0.3 is 42.6 Å². The third-order valence-electron chi connectivity index (χ3n) is 5.35. The second-order valence-electron chi connectivity index (χ2n) is 8.21. The zero-order chi connectivity index (χ0) is 27.0. The summed E-state index contributed by atoms with van der Waals surface area (Å²) < 4.78 is 0. The summed E-state index contributed by atoms with van der Waals surface area (Å²) in [6, 6.07) is 1.77. The van der Waals surface area contributed by atoms with Crippen LogP contribution >= 0.6 is 12.6 Å². The molecule has 0 saturated carbocycles. The number of fused-ring (bicyclic) bond motifs is 1. The molecule has 0 aliphatic carbocycles. The quantitative estimate of drug-likeness (QED) is 0.130. The summed E-state index contributed by atoms with van der Waals surface area (Å²) in [7, 11) is 0. The molecule has 5 atom stereocenters. The number of hydrogen-bond donors (Lipinski definition) is 9. The molecule has 5 unspecified atom stereocenters. The van der Waals surface area contributed by atoms with Crippen molar-refractivity contribution in [3.8, 4) is 0 Å². The van der Waals surface area contributed by atoms with Crippen LogP contribution in [0.2, 0.25) is 0 Å². The molecule has 0 radical (unpaired) electrons. The molecule has 1 aromatic heterocycles. The zero-order valence-corrected chi connectivity index (χ0v) is 20.3. The smallest absolute Gasteiger partial charge is 0.328 e. The van der Waals surface area contributed by atoms with Gasteiger partial charge in [-0.15, -0.1) is 0 Å². The highest BCUT2D eigenvalue weighted by atomic mass is 32.1. The van der Waals surface area contributed by atoms with Gasteiger partial charge in [-0.25, -0.2) is 4.79 Å². The van der Waals surface area contributed by atoms with E-state index in [-0.39, 0.29) is 12.2 Å². The number of carbonyl (C=O) groups is 5. The molecule has 36 heavy (non-hydrogen) atoms. The summed E-state index contributed by atoms with van der Waals surface area (Å²) in [5.41, 5.74) is 12.4. The van der Waals surface area contributed by atoms with E-state index >= 15 is 0 Å². The molecule has 14 heteroatoms. The molecule has 1 heterocycles. The molecule has 2 aromatic rings. The zero-order valence-electron chi connectivity index (χ0n) is 19.4. The normalized spacial score (nSPS) is 15.2.